The summed E-state index contributed by atoms with van der Waals surface area (Å²) in [5.74, 6) is -1.63. The van der Waals surface area contributed by atoms with E-state index in [1.807, 2.05) is 0 Å². The van der Waals surface area contributed by atoms with E-state index in [0.717, 1.165) is 0 Å². The summed E-state index contributed by atoms with van der Waals surface area (Å²) in [6, 6.07) is 4.85. The summed E-state index contributed by atoms with van der Waals surface area (Å²) in [6.07, 6.45) is 0. The molecular formula is C10H9F2NO4. The van der Waals surface area contributed by atoms with Crippen LogP contribution in [0.2, 0.25) is 0 Å². The summed E-state index contributed by atoms with van der Waals surface area (Å²) in [4.78, 5) is 21.6. The van der Waals surface area contributed by atoms with Crippen molar-refractivity contribution in [2.75, 3.05) is 6.61 Å². The van der Waals surface area contributed by atoms with Gasteiger partial charge >= 0.3 is 12.6 Å². The molecule has 0 fully saturated rings. The quantitative estimate of drug-likeness (QED) is 0.782. The molecule has 1 aromatic rings. The number of halogens is 2. The number of ether oxygens (including phenoxy) is 2. The predicted molar refractivity (Wildman–Crippen MR) is 52.6 cm³/mol. The Morgan fingerprint density at radius 3 is 2.29 bits per heavy atom. The van der Waals surface area contributed by atoms with Crippen molar-refractivity contribution < 1.29 is 27.8 Å². The van der Waals surface area contributed by atoms with Crippen LogP contribution in [0, 0.1) is 0 Å². The molecule has 1 amide bonds. The average Bonchev–Trinajstić information content (AvgIpc) is 2.26. The average molecular weight is 245 g/mol. The van der Waals surface area contributed by atoms with Crippen LogP contribution in [-0.2, 0) is 9.53 Å². The molecule has 0 saturated heterocycles. The highest BCUT2D eigenvalue weighted by molar-refractivity contribution is 5.91. The molecular weight excluding hydrogens is 236 g/mol. The van der Waals surface area contributed by atoms with Gasteiger partial charge in [-0.05, 0) is 24.3 Å². The van der Waals surface area contributed by atoms with E-state index in [1.165, 1.54) is 24.3 Å². The lowest BCUT2D eigenvalue weighted by Gasteiger charge is -2.05. The van der Waals surface area contributed by atoms with Crippen LogP contribution in [0.1, 0.15) is 10.4 Å². The zero-order valence-electron chi connectivity index (χ0n) is 8.56. The van der Waals surface area contributed by atoms with Crippen molar-refractivity contribution in [3.05, 3.63) is 29.8 Å². The standard InChI is InChI=1S/C10H9F2NO4/c11-10(12)17-7-3-1-6(2-4-7)9(15)16-5-8(13)14/h1-4,10H,5H2,(H2,13,14). The number of esters is 1. The number of hydrogen-bond donors (Lipinski definition) is 1. The Morgan fingerprint density at radius 1 is 1.24 bits per heavy atom. The molecule has 0 saturated carbocycles. The van der Waals surface area contributed by atoms with E-state index in [1.54, 1.807) is 0 Å². The van der Waals surface area contributed by atoms with E-state index in [9.17, 15) is 18.4 Å². The fourth-order valence-corrected chi connectivity index (χ4v) is 0.992. The van der Waals surface area contributed by atoms with Crippen LogP contribution >= 0.6 is 0 Å². The fraction of sp³-hybridized carbons (Fsp3) is 0.200. The molecule has 0 heterocycles. The minimum absolute atomic E-state index is 0.0774. The first-order valence-corrected chi connectivity index (χ1v) is 4.49. The highest BCUT2D eigenvalue weighted by Crippen LogP contribution is 2.15. The van der Waals surface area contributed by atoms with Crippen molar-refractivity contribution in [1.82, 2.24) is 0 Å². The lowest BCUT2D eigenvalue weighted by molar-refractivity contribution is -0.121. The molecule has 0 bridgehead atoms. The summed E-state index contributed by atoms with van der Waals surface area (Å²) in [5.41, 5.74) is 4.88. The second kappa shape index (κ2) is 5.78. The topological polar surface area (TPSA) is 78.6 Å². The van der Waals surface area contributed by atoms with E-state index in [-0.39, 0.29) is 11.3 Å². The lowest BCUT2D eigenvalue weighted by Crippen LogP contribution is -2.20. The van der Waals surface area contributed by atoms with Crippen molar-refractivity contribution in [1.29, 1.82) is 0 Å². The Morgan fingerprint density at radius 2 is 1.82 bits per heavy atom. The van der Waals surface area contributed by atoms with Crippen molar-refractivity contribution in [3.8, 4) is 5.75 Å². The summed E-state index contributed by atoms with van der Waals surface area (Å²) in [5, 5.41) is 0. The Kier molecular flexibility index (Phi) is 4.38. The number of hydrogen-bond acceptors (Lipinski definition) is 4. The van der Waals surface area contributed by atoms with Gasteiger partial charge < -0.3 is 15.2 Å². The van der Waals surface area contributed by atoms with E-state index in [0.29, 0.717) is 0 Å². The zero-order valence-corrected chi connectivity index (χ0v) is 8.56. The molecule has 0 atom stereocenters. The van der Waals surface area contributed by atoms with Crippen molar-refractivity contribution in [3.63, 3.8) is 0 Å². The maximum absolute atomic E-state index is 11.8. The van der Waals surface area contributed by atoms with Crippen LogP contribution in [0.5, 0.6) is 5.75 Å². The highest BCUT2D eigenvalue weighted by Gasteiger charge is 2.09. The molecule has 5 nitrogen and oxygen atoms in total. The van der Waals surface area contributed by atoms with Gasteiger partial charge in [-0.2, -0.15) is 8.78 Å². The molecule has 1 rings (SSSR count). The molecule has 0 aliphatic heterocycles. The third kappa shape index (κ3) is 4.45. The monoisotopic (exact) mass is 245 g/mol. The maximum atomic E-state index is 11.8. The number of carbonyl (C=O) groups excluding carboxylic acids is 2. The van der Waals surface area contributed by atoms with Gasteiger partial charge in [0.25, 0.3) is 5.91 Å². The van der Waals surface area contributed by atoms with Gasteiger partial charge in [-0.1, -0.05) is 0 Å². The molecule has 0 radical (unpaired) electrons. The van der Waals surface area contributed by atoms with Gasteiger partial charge in [0.1, 0.15) is 5.75 Å². The first-order valence-electron chi connectivity index (χ1n) is 4.49. The molecule has 17 heavy (non-hydrogen) atoms. The molecule has 7 heteroatoms. The minimum Gasteiger partial charge on any atom is -0.452 e. The van der Waals surface area contributed by atoms with E-state index in [2.05, 4.69) is 9.47 Å². The van der Waals surface area contributed by atoms with Gasteiger partial charge in [-0.25, -0.2) is 4.79 Å². The zero-order chi connectivity index (χ0) is 12.8. The molecule has 1 aromatic carbocycles. The number of nitrogens with two attached hydrogens (primary N) is 1. The van der Waals surface area contributed by atoms with Crippen LogP contribution in [0.25, 0.3) is 0 Å². The van der Waals surface area contributed by atoms with Crippen molar-refractivity contribution in [2.24, 2.45) is 5.73 Å². The van der Waals surface area contributed by atoms with Gasteiger partial charge in [-0.15, -0.1) is 0 Å². The smallest absolute Gasteiger partial charge is 0.387 e. The van der Waals surface area contributed by atoms with Crippen LogP contribution in [0.3, 0.4) is 0 Å². The molecule has 0 spiro atoms. The third-order valence-electron chi connectivity index (χ3n) is 1.66. The Hall–Kier alpha value is -2.18. The second-order valence-corrected chi connectivity index (χ2v) is 2.95. The number of amides is 1. The van der Waals surface area contributed by atoms with E-state index >= 15 is 0 Å². The second-order valence-electron chi connectivity index (χ2n) is 2.95. The largest absolute Gasteiger partial charge is 0.452 e. The summed E-state index contributed by atoms with van der Waals surface area (Å²) in [7, 11) is 0. The normalized spacial score (nSPS) is 10.1. The molecule has 0 aliphatic carbocycles. The van der Waals surface area contributed by atoms with Gasteiger partial charge in [0.2, 0.25) is 0 Å². The molecule has 0 unspecified atom stereocenters. The molecule has 0 aliphatic rings. The van der Waals surface area contributed by atoms with Gasteiger partial charge in [0, 0.05) is 0 Å². The SMILES string of the molecule is NC(=O)COC(=O)c1ccc(OC(F)F)cc1. The van der Waals surface area contributed by atoms with E-state index < -0.39 is 25.1 Å². The first kappa shape index (κ1) is 12.9. The number of carbonyl (C=O) groups is 2. The number of alkyl halides is 2. The molecule has 0 aromatic heterocycles. The van der Waals surface area contributed by atoms with Crippen molar-refractivity contribution in [2.45, 2.75) is 6.61 Å². The Labute approximate surface area is 95.1 Å². The van der Waals surface area contributed by atoms with Crippen LogP contribution < -0.4 is 10.5 Å². The molecule has 92 valence electrons. The van der Waals surface area contributed by atoms with Crippen LogP contribution in [0.15, 0.2) is 24.3 Å². The van der Waals surface area contributed by atoms with Crippen LogP contribution in [0.4, 0.5) is 8.78 Å². The first-order chi connectivity index (χ1) is 7.99. The number of primary amides is 1. The maximum Gasteiger partial charge on any atom is 0.387 e. The van der Waals surface area contributed by atoms with Gasteiger partial charge in [-0.3, -0.25) is 4.79 Å². The highest BCUT2D eigenvalue weighted by atomic mass is 19.3. The minimum atomic E-state index is -2.93. The van der Waals surface area contributed by atoms with E-state index in [4.69, 9.17) is 5.73 Å². The third-order valence-corrected chi connectivity index (χ3v) is 1.66. The number of rotatable bonds is 5. The molecule has 2 N–H and O–H groups in total. The Bertz CT molecular complexity index is 405. The van der Waals surface area contributed by atoms with Crippen LogP contribution in [-0.4, -0.2) is 25.1 Å². The fourth-order valence-electron chi connectivity index (χ4n) is 0.992. The summed E-state index contributed by atoms with van der Waals surface area (Å²) < 4.78 is 32.2. The lowest BCUT2D eigenvalue weighted by atomic mass is 10.2. The summed E-state index contributed by atoms with van der Waals surface area (Å²) >= 11 is 0. The van der Waals surface area contributed by atoms with Gasteiger partial charge in [0.05, 0.1) is 5.56 Å². The summed E-state index contributed by atoms with van der Waals surface area (Å²) in [6.45, 7) is -3.46. The van der Waals surface area contributed by atoms with Gasteiger partial charge in [0.15, 0.2) is 6.61 Å². The predicted octanol–water partition coefficient (Wildman–Crippen LogP) is 0.930. The Balaban J connectivity index is 2.60. The van der Waals surface area contributed by atoms with Crippen molar-refractivity contribution >= 4 is 11.9 Å². The number of benzene rings is 1.